The Morgan fingerprint density at radius 1 is 1.43 bits per heavy atom. The number of amides is 1. The summed E-state index contributed by atoms with van der Waals surface area (Å²) in [6.45, 7) is 6.98. The van der Waals surface area contributed by atoms with Crippen molar-refractivity contribution in [3.05, 3.63) is 35.2 Å². The monoisotopic (exact) mass is 333 g/mol. The fraction of sp³-hybridized carbons (Fsp3) is 0.467. The van der Waals surface area contributed by atoms with Crippen LogP contribution >= 0.6 is 11.3 Å². The molecule has 122 valence electrons. The lowest BCUT2D eigenvalue weighted by atomic mass is 10.1. The highest BCUT2D eigenvalue weighted by Gasteiger charge is 2.20. The Balaban J connectivity index is 1.72. The average Bonchev–Trinajstić information content (AvgIpc) is 3.18. The van der Waals surface area contributed by atoms with Crippen molar-refractivity contribution in [1.29, 1.82) is 0 Å². The molecule has 0 atom stereocenters. The van der Waals surface area contributed by atoms with E-state index in [1.165, 1.54) is 11.3 Å². The number of rotatable bonds is 6. The molecule has 0 bridgehead atoms. The summed E-state index contributed by atoms with van der Waals surface area (Å²) in [4.78, 5) is 23.8. The van der Waals surface area contributed by atoms with E-state index in [-0.39, 0.29) is 5.91 Å². The molecule has 3 aromatic rings. The van der Waals surface area contributed by atoms with Crippen molar-refractivity contribution >= 4 is 22.2 Å². The third-order valence-electron chi connectivity index (χ3n) is 3.41. The van der Waals surface area contributed by atoms with Crippen LogP contribution in [-0.2, 0) is 13.0 Å². The molecule has 0 aliphatic rings. The Hall–Kier alpha value is -2.22. The van der Waals surface area contributed by atoms with Gasteiger partial charge in [0.05, 0.1) is 6.54 Å². The van der Waals surface area contributed by atoms with E-state index >= 15 is 0 Å². The van der Waals surface area contributed by atoms with Crippen LogP contribution < -0.4 is 0 Å². The van der Waals surface area contributed by atoms with Gasteiger partial charge in [0.15, 0.2) is 10.8 Å². The Kier molecular flexibility index (Phi) is 4.42. The van der Waals surface area contributed by atoms with Gasteiger partial charge in [-0.2, -0.15) is 4.98 Å². The standard InChI is InChI=1S/C15H19N5O2S/c1-4-19(9-12-17-13(22-18-12)7-10(2)3)14(21)11-8-20-5-6-23-15(20)16-11/h5-6,8,10H,4,7,9H2,1-3H3. The predicted octanol–water partition coefficient (Wildman–Crippen LogP) is 2.64. The summed E-state index contributed by atoms with van der Waals surface area (Å²) < 4.78 is 7.07. The molecule has 0 radical (unpaired) electrons. The number of hydrogen-bond donors (Lipinski definition) is 0. The van der Waals surface area contributed by atoms with Crippen LogP contribution in [0.25, 0.3) is 4.96 Å². The van der Waals surface area contributed by atoms with E-state index in [4.69, 9.17) is 4.52 Å². The van der Waals surface area contributed by atoms with Gasteiger partial charge in [-0.25, -0.2) is 4.98 Å². The fourth-order valence-electron chi connectivity index (χ4n) is 2.28. The van der Waals surface area contributed by atoms with Crippen LogP contribution in [0.4, 0.5) is 0 Å². The molecule has 7 nitrogen and oxygen atoms in total. The summed E-state index contributed by atoms with van der Waals surface area (Å²) in [7, 11) is 0. The van der Waals surface area contributed by atoms with Crippen LogP contribution in [0.1, 0.15) is 43.0 Å². The van der Waals surface area contributed by atoms with Gasteiger partial charge in [-0.05, 0) is 12.8 Å². The molecule has 0 aromatic carbocycles. The van der Waals surface area contributed by atoms with E-state index < -0.39 is 0 Å². The van der Waals surface area contributed by atoms with E-state index in [1.54, 1.807) is 11.1 Å². The van der Waals surface area contributed by atoms with Gasteiger partial charge in [0, 0.05) is 30.7 Å². The van der Waals surface area contributed by atoms with Gasteiger partial charge in [0.25, 0.3) is 5.91 Å². The summed E-state index contributed by atoms with van der Waals surface area (Å²) in [5.41, 5.74) is 0.435. The molecule has 0 saturated carbocycles. The molecule has 0 aliphatic heterocycles. The number of nitrogens with zero attached hydrogens (tertiary/aromatic N) is 5. The SMILES string of the molecule is CCN(Cc1noc(CC(C)C)n1)C(=O)c1cn2ccsc2n1. The summed E-state index contributed by atoms with van der Waals surface area (Å²) in [5.74, 6) is 1.46. The summed E-state index contributed by atoms with van der Waals surface area (Å²) in [5, 5.41) is 5.90. The number of aromatic nitrogens is 4. The van der Waals surface area contributed by atoms with Crippen molar-refractivity contribution in [3.8, 4) is 0 Å². The zero-order valence-electron chi connectivity index (χ0n) is 13.4. The predicted molar refractivity (Wildman–Crippen MR) is 86.3 cm³/mol. The summed E-state index contributed by atoms with van der Waals surface area (Å²) >= 11 is 1.50. The number of imidazole rings is 1. The third kappa shape index (κ3) is 3.42. The number of carbonyl (C=O) groups excluding carboxylic acids is 1. The lowest BCUT2D eigenvalue weighted by Crippen LogP contribution is -2.31. The molecule has 1 amide bonds. The van der Waals surface area contributed by atoms with Crippen LogP contribution in [-0.4, -0.2) is 36.9 Å². The maximum Gasteiger partial charge on any atom is 0.274 e. The molecule has 3 rings (SSSR count). The van der Waals surface area contributed by atoms with E-state index in [2.05, 4.69) is 29.0 Å². The molecule has 3 aromatic heterocycles. The molecule has 8 heteroatoms. The molecule has 0 saturated heterocycles. The second kappa shape index (κ2) is 6.49. The first-order valence-electron chi connectivity index (χ1n) is 7.59. The maximum absolute atomic E-state index is 12.6. The molecule has 0 spiro atoms. The molecule has 3 heterocycles. The minimum atomic E-state index is -0.126. The van der Waals surface area contributed by atoms with Crippen molar-refractivity contribution in [2.75, 3.05) is 6.54 Å². The zero-order valence-corrected chi connectivity index (χ0v) is 14.2. The highest BCUT2D eigenvalue weighted by molar-refractivity contribution is 7.15. The molecule has 23 heavy (non-hydrogen) atoms. The van der Waals surface area contributed by atoms with Crippen LogP contribution in [0.15, 0.2) is 22.3 Å². The first kappa shape index (κ1) is 15.7. The highest BCUT2D eigenvalue weighted by atomic mass is 32.1. The summed E-state index contributed by atoms with van der Waals surface area (Å²) in [6, 6.07) is 0. The zero-order chi connectivity index (χ0) is 16.4. The van der Waals surface area contributed by atoms with Crippen molar-refractivity contribution in [3.63, 3.8) is 0 Å². The fourth-order valence-corrected chi connectivity index (χ4v) is 2.98. The second-order valence-electron chi connectivity index (χ2n) is 5.74. The Bertz CT molecular complexity index is 775. The lowest BCUT2D eigenvalue weighted by molar-refractivity contribution is 0.0742. The summed E-state index contributed by atoms with van der Waals surface area (Å²) in [6.07, 6.45) is 4.37. The van der Waals surface area contributed by atoms with Crippen molar-refractivity contribution in [2.45, 2.75) is 33.7 Å². The third-order valence-corrected chi connectivity index (χ3v) is 4.18. The molecular formula is C15H19N5O2S. The van der Waals surface area contributed by atoms with Gasteiger partial charge in [-0.3, -0.25) is 9.20 Å². The minimum absolute atomic E-state index is 0.126. The van der Waals surface area contributed by atoms with Crippen molar-refractivity contribution < 1.29 is 9.32 Å². The van der Waals surface area contributed by atoms with Crippen LogP contribution in [0.2, 0.25) is 0 Å². The number of hydrogen-bond acceptors (Lipinski definition) is 6. The number of thiazole rings is 1. The second-order valence-corrected chi connectivity index (χ2v) is 6.61. The molecule has 0 unspecified atom stereocenters. The van der Waals surface area contributed by atoms with Gasteiger partial charge in [0.1, 0.15) is 5.69 Å². The molecular weight excluding hydrogens is 314 g/mol. The Morgan fingerprint density at radius 3 is 2.96 bits per heavy atom. The highest BCUT2D eigenvalue weighted by Crippen LogP contribution is 2.14. The minimum Gasteiger partial charge on any atom is -0.339 e. The van der Waals surface area contributed by atoms with Gasteiger partial charge in [-0.15, -0.1) is 11.3 Å². The normalized spacial score (nSPS) is 11.5. The quantitative estimate of drug-likeness (QED) is 0.693. The van der Waals surface area contributed by atoms with Gasteiger partial charge in [-0.1, -0.05) is 19.0 Å². The smallest absolute Gasteiger partial charge is 0.274 e. The van der Waals surface area contributed by atoms with E-state index in [0.717, 1.165) is 11.4 Å². The Labute approximate surface area is 137 Å². The molecule has 0 aliphatic carbocycles. The first-order valence-corrected chi connectivity index (χ1v) is 8.47. The lowest BCUT2D eigenvalue weighted by Gasteiger charge is -2.17. The van der Waals surface area contributed by atoms with Crippen LogP contribution in [0.3, 0.4) is 0 Å². The van der Waals surface area contributed by atoms with Crippen molar-refractivity contribution in [1.82, 2.24) is 24.4 Å². The Morgan fingerprint density at radius 2 is 2.26 bits per heavy atom. The molecule has 0 fully saturated rings. The average molecular weight is 333 g/mol. The van der Waals surface area contributed by atoms with Gasteiger partial charge < -0.3 is 9.42 Å². The molecule has 0 N–H and O–H groups in total. The van der Waals surface area contributed by atoms with E-state index in [1.807, 2.05) is 22.9 Å². The van der Waals surface area contributed by atoms with Crippen LogP contribution in [0, 0.1) is 5.92 Å². The van der Waals surface area contributed by atoms with Gasteiger partial charge >= 0.3 is 0 Å². The topological polar surface area (TPSA) is 76.5 Å². The van der Waals surface area contributed by atoms with Crippen molar-refractivity contribution in [2.24, 2.45) is 5.92 Å². The maximum atomic E-state index is 12.6. The van der Waals surface area contributed by atoms with E-state index in [9.17, 15) is 4.79 Å². The number of carbonyl (C=O) groups is 1. The van der Waals surface area contributed by atoms with Gasteiger partial charge in [0.2, 0.25) is 5.89 Å². The first-order chi connectivity index (χ1) is 11.1. The largest absolute Gasteiger partial charge is 0.339 e. The number of fused-ring (bicyclic) bond motifs is 1. The van der Waals surface area contributed by atoms with E-state index in [0.29, 0.717) is 36.4 Å². The van der Waals surface area contributed by atoms with Crippen LogP contribution in [0.5, 0.6) is 0 Å².